The van der Waals surface area contributed by atoms with Gasteiger partial charge in [-0.05, 0) is 34.9 Å². The van der Waals surface area contributed by atoms with Crippen molar-refractivity contribution < 1.29 is 18.1 Å². The third kappa shape index (κ3) is 4.58. The molecular formula is C26H24F2N4O2S. The molecule has 180 valence electrons. The molecular weight excluding hydrogens is 470 g/mol. The van der Waals surface area contributed by atoms with Crippen LogP contribution in [-0.4, -0.2) is 19.9 Å². The Kier molecular flexibility index (Phi) is 5.92. The zero-order valence-corrected chi connectivity index (χ0v) is 19.7. The third-order valence-electron chi connectivity index (χ3n) is 6.11. The largest absolute Gasteiger partial charge is 0.368 e. The second kappa shape index (κ2) is 8.92. The zero-order chi connectivity index (χ0) is 24.7. The minimum Gasteiger partial charge on any atom is -0.368 e. The summed E-state index contributed by atoms with van der Waals surface area (Å²) in [5.41, 5.74) is 2.02. The Morgan fingerprint density at radius 2 is 1.89 bits per heavy atom. The van der Waals surface area contributed by atoms with Gasteiger partial charge in [0.15, 0.2) is 17.9 Å². The molecule has 2 unspecified atom stereocenters. The summed E-state index contributed by atoms with van der Waals surface area (Å²) in [6, 6.07) is 17.0. The van der Waals surface area contributed by atoms with Crippen LogP contribution in [0.2, 0.25) is 0 Å². The number of aryl methyl sites for hydroxylation is 1. The Labute approximate surface area is 202 Å². The fourth-order valence-electron chi connectivity index (χ4n) is 4.44. The molecule has 2 heterocycles. The number of aliphatic hydroxyl groups is 1. The Hall–Kier alpha value is -3.53. The van der Waals surface area contributed by atoms with E-state index in [1.165, 1.54) is 6.07 Å². The summed E-state index contributed by atoms with van der Waals surface area (Å²) in [5.74, 6) is -2.03. The minimum absolute atomic E-state index is 0.183. The molecule has 0 bridgehead atoms. The number of rotatable bonds is 5. The maximum atomic E-state index is 13.6. The quantitative estimate of drug-likeness (QED) is 0.291. The highest BCUT2D eigenvalue weighted by Gasteiger charge is 2.28. The molecule has 0 fully saturated rings. The highest BCUT2D eigenvalue weighted by atomic mass is 32.2. The summed E-state index contributed by atoms with van der Waals surface area (Å²) in [4.78, 5) is 0.249. The molecule has 1 aromatic heterocycles. The van der Waals surface area contributed by atoms with Crippen LogP contribution in [0.5, 0.6) is 0 Å². The van der Waals surface area contributed by atoms with Crippen LogP contribution in [0.4, 0.5) is 14.5 Å². The average Bonchev–Trinajstić information content (AvgIpc) is 3.11. The molecule has 4 aromatic rings. The standard InChI is InChI=1S/C26H24F2N4O2S/c1-32-15-24-21(25(32)26(33)30-19-9-11-22(27)23(28)14-19)10-8-20(31-35(24,29)34)13-16-6-7-17-4-2-3-5-18(17)12-16/h2-12,14-15,20,26,30,33H,13H2,1H3,(H2,29,31,34)/t20-,26?,35?/m1/s1. The Morgan fingerprint density at radius 1 is 1.11 bits per heavy atom. The van der Waals surface area contributed by atoms with Gasteiger partial charge in [-0.3, -0.25) is 0 Å². The van der Waals surface area contributed by atoms with Crippen LogP contribution in [0, 0.1) is 16.4 Å². The van der Waals surface area contributed by atoms with Crippen LogP contribution in [0.25, 0.3) is 16.8 Å². The second-order valence-corrected chi connectivity index (χ2v) is 10.4. The number of nitrogens with zero attached hydrogens (tertiary/aromatic N) is 1. The van der Waals surface area contributed by atoms with Gasteiger partial charge in [-0.25, -0.2) is 22.5 Å². The van der Waals surface area contributed by atoms with Gasteiger partial charge in [0.25, 0.3) is 0 Å². The van der Waals surface area contributed by atoms with E-state index in [0.29, 0.717) is 17.7 Å². The topological polar surface area (TPSA) is 90.1 Å². The van der Waals surface area contributed by atoms with Gasteiger partial charge in [-0.15, -0.1) is 0 Å². The first kappa shape index (κ1) is 23.2. The van der Waals surface area contributed by atoms with Gasteiger partial charge < -0.3 is 15.0 Å². The molecule has 3 atom stereocenters. The highest BCUT2D eigenvalue weighted by molar-refractivity contribution is 7.90. The lowest BCUT2D eigenvalue weighted by molar-refractivity contribution is 0.199. The van der Waals surface area contributed by atoms with Crippen molar-refractivity contribution in [1.82, 2.24) is 9.29 Å². The molecule has 0 saturated heterocycles. The van der Waals surface area contributed by atoms with Crippen LogP contribution in [0.15, 0.2) is 77.8 Å². The number of fused-ring (bicyclic) bond motifs is 2. The lowest BCUT2D eigenvalue weighted by Crippen LogP contribution is -2.33. The van der Waals surface area contributed by atoms with Crippen molar-refractivity contribution in [3.05, 3.63) is 101 Å². The number of hydrogen-bond donors (Lipinski definition) is 4. The first-order valence-corrected chi connectivity index (χ1v) is 12.6. The average molecular weight is 495 g/mol. The summed E-state index contributed by atoms with van der Waals surface area (Å²) in [5, 5.41) is 15.8. The number of nitrogens with one attached hydrogen (secondary N) is 3. The van der Waals surface area contributed by atoms with Crippen LogP contribution >= 0.6 is 0 Å². The molecule has 1 aliphatic rings. The fraction of sp³-hybridized carbons (Fsp3) is 0.154. The van der Waals surface area contributed by atoms with Crippen molar-refractivity contribution in [3.63, 3.8) is 0 Å². The fourth-order valence-corrected chi connectivity index (χ4v) is 5.94. The molecule has 3 aromatic carbocycles. The van der Waals surface area contributed by atoms with Crippen LogP contribution < -0.4 is 10.0 Å². The smallest absolute Gasteiger partial charge is 0.166 e. The molecule has 6 nitrogen and oxygen atoms in total. The first-order valence-electron chi connectivity index (χ1n) is 11.0. The molecule has 35 heavy (non-hydrogen) atoms. The molecule has 1 aliphatic heterocycles. The van der Waals surface area contributed by atoms with Crippen LogP contribution in [0.3, 0.4) is 0 Å². The first-order chi connectivity index (χ1) is 16.7. The predicted octanol–water partition coefficient (Wildman–Crippen LogP) is 5.11. The normalized spacial score (nSPS) is 20.4. The van der Waals surface area contributed by atoms with Crippen LogP contribution in [0.1, 0.15) is 23.0 Å². The van der Waals surface area contributed by atoms with E-state index in [2.05, 4.69) is 16.1 Å². The maximum Gasteiger partial charge on any atom is 0.166 e. The molecule has 0 amide bonds. The van der Waals surface area contributed by atoms with Crippen molar-refractivity contribution in [2.45, 2.75) is 23.6 Å². The Morgan fingerprint density at radius 3 is 2.66 bits per heavy atom. The zero-order valence-electron chi connectivity index (χ0n) is 18.8. The molecule has 5 rings (SSSR count). The van der Waals surface area contributed by atoms with Crippen molar-refractivity contribution in [2.24, 2.45) is 7.05 Å². The number of halogens is 2. The van der Waals surface area contributed by atoms with E-state index in [4.69, 9.17) is 4.78 Å². The maximum absolute atomic E-state index is 13.6. The van der Waals surface area contributed by atoms with E-state index < -0.39 is 27.8 Å². The van der Waals surface area contributed by atoms with Gasteiger partial charge >= 0.3 is 0 Å². The number of aromatic nitrogens is 1. The predicted molar refractivity (Wildman–Crippen MR) is 133 cm³/mol. The van der Waals surface area contributed by atoms with E-state index in [-0.39, 0.29) is 16.6 Å². The van der Waals surface area contributed by atoms with E-state index in [9.17, 15) is 18.1 Å². The van der Waals surface area contributed by atoms with E-state index in [0.717, 1.165) is 28.5 Å². The van der Waals surface area contributed by atoms with Gasteiger partial charge in [0, 0.05) is 36.6 Å². The summed E-state index contributed by atoms with van der Waals surface area (Å²) in [6.45, 7) is 0. The summed E-state index contributed by atoms with van der Waals surface area (Å²) in [7, 11) is -1.73. The van der Waals surface area contributed by atoms with Gasteiger partial charge in [0.1, 0.15) is 9.92 Å². The monoisotopic (exact) mass is 494 g/mol. The molecule has 0 radical (unpaired) electrons. The van der Waals surface area contributed by atoms with Crippen molar-refractivity contribution in [1.29, 1.82) is 4.78 Å². The van der Waals surface area contributed by atoms with Crippen molar-refractivity contribution >= 4 is 32.5 Å². The van der Waals surface area contributed by atoms with Gasteiger partial charge in [-0.2, -0.15) is 0 Å². The number of anilines is 1. The molecule has 0 saturated carbocycles. The van der Waals surface area contributed by atoms with Crippen molar-refractivity contribution in [2.75, 3.05) is 5.32 Å². The Bertz CT molecular complexity index is 1560. The summed E-state index contributed by atoms with van der Waals surface area (Å²) < 4.78 is 53.4. The number of hydrogen-bond acceptors (Lipinski definition) is 4. The lowest BCUT2D eigenvalue weighted by Gasteiger charge is -2.17. The van der Waals surface area contributed by atoms with E-state index in [1.54, 1.807) is 23.9 Å². The van der Waals surface area contributed by atoms with Crippen LogP contribution in [-0.2, 0) is 23.4 Å². The van der Waals surface area contributed by atoms with Gasteiger partial charge in [0.2, 0.25) is 0 Å². The second-order valence-electron chi connectivity index (χ2n) is 8.60. The van der Waals surface area contributed by atoms with Gasteiger partial charge in [-0.1, -0.05) is 54.6 Å². The lowest BCUT2D eigenvalue weighted by atomic mass is 10.0. The summed E-state index contributed by atoms with van der Waals surface area (Å²) >= 11 is 0. The molecule has 4 N–H and O–H groups in total. The minimum atomic E-state index is -3.39. The number of benzene rings is 3. The van der Waals surface area contributed by atoms with E-state index in [1.807, 2.05) is 42.5 Å². The molecule has 0 aliphatic carbocycles. The molecule has 0 spiro atoms. The van der Waals surface area contributed by atoms with E-state index >= 15 is 0 Å². The Balaban J connectivity index is 1.44. The van der Waals surface area contributed by atoms with Gasteiger partial charge in [0.05, 0.1) is 10.6 Å². The molecule has 9 heteroatoms. The number of aliphatic hydroxyl groups excluding tert-OH is 1. The highest BCUT2D eigenvalue weighted by Crippen LogP contribution is 2.32. The summed E-state index contributed by atoms with van der Waals surface area (Å²) in [6.07, 6.45) is 4.35. The van der Waals surface area contributed by atoms with Crippen molar-refractivity contribution in [3.8, 4) is 0 Å². The third-order valence-corrected chi connectivity index (χ3v) is 7.69. The SMILES string of the molecule is Cn1cc2c(c1C(O)Nc1ccc(F)c(F)c1)C=C[C@H](Cc1ccc3ccccc3c1)NS2(=N)=O.